The summed E-state index contributed by atoms with van der Waals surface area (Å²) in [6.45, 7) is 2.20. The first-order valence-corrected chi connectivity index (χ1v) is 20.2. The molecule has 0 aliphatic heterocycles. The number of furan rings is 1. The van der Waals surface area contributed by atoms with E-state index in [0.29, 0.717) is 17.5 Å². The standard InChI is InChI=1S/C54H38N4O/c1-2-13-35-26-28-37(29-27-35)53-55-52(36-14-4-3-5-15-36)56-54(57-53)41-18-10-16-38(32-41)39-17-11-19-42(33-39)58-47-23-8-6-20-44(47)45-31-30-40(34-48(45)58)43-22-12-25-50-51(43)46-21-7-9-24-49(46)59-50/h3-12,14-34H,2,13H2,1H3. The van der Waals surface area contributed by atoms with Crippen molar-refractivity contribution < 1.29 is 4.42 Å². The molecule has 3 aromatic heterocycles. The van der Waals surface area contributed by atoms with Crippen LogP contribution in [0.3, 0.4) is 0 Å². The molecule has 0 spiro atoms. The summed E-state index contributed by atoms with van der Waals surface area (Å²) >= 11 is 0. The van der Waals surface area contributed by atoms with Crippen molar-refractivity contribution in [2.75, 3.05) is 0 Å². The monoisotopic (exact) mass is 758 g/mol. The van der Waals surface area contributed by atoms with Crippen molar-refractivity contribution in [1.82, 2.24) is 19.5 Å². The van der Waals surface area contributed by atoms with Crippen molar-refractivity contribution in [2.45, 2.75) is 19.8 Å². The first kappa shape index (κ1) is 34.6. The Morgan fingerprint density at radius 3 is 1.83 bits per heavy atom. The number of aryl methyl sites for hydroxylation is 1. The summed E-state index contributed by atoms with van der Waals surface area (Å²) in [6.07, 6.45) is 2.15. The average molecular weight is 759 g/mol. The number of hydrogen-bond acceptors (Lipinski definition) is 4. The molecule has 0 saturated heterocycles. The Bertz CT molecular complexity index is 3340. The lowest BCUT2D eigenvalue weighted by Crippen LogP contribution is -2.00. The maximum absolute atomic E-state index is 6.28. The van der Waals surface area contributed by atoms with Gasteiger partial charge in [0.05, 0.1) is 11.0 Å². The third-order valence-electron chi connectivity index (χ3n) is 11.4. The van der Waals surface area contributed by atoms with Crippen LogP contribution in [-0.2, 0) is 6.42 Å². The molecule has 59 heavy (non-hydrogen) atoms. The Kier molecular flexibility index (Phi) is 8.44. The Morgan fingerprint density at radius 1 is 0.424 bits per heavy atom. The van der Waals surface area contributed by atoms with E-state index in [1.54, 1.807) is 0 Å². The SMILES string of the molecule is CCCc1ccc(-c2nc(-c3ccccc3)nc(-c3cccc(-c4cccc(-n5c6ccccc6c6ccc(-c7cccc8oc9ccccc9c78)cc65)c4)c3)n2)cc1. The van der Waals surface area contributed by atoms with E-state index in [9.17, 15) is 0 Å². The number of hydrogen-bond donors (Lipinski definition) is 0. The number of aromatic nitrogens is 4. The molecule has 0 N–H and O–H groups in total. The van der Waals surface area contributed by atoms with Crippen LogP contribution in [0, 0.1) is 0 Å². The highest BCUT2D eigenvalue weighted by molar-refractivity contribution is 6.14. The van der Waals surface area contributed by atoms with Crippen LogP contribution < -0.4 is 0 Å². The van der Waals surface area contributed by atoms with Gasteiger partial charge in [-0.3, -0.25) is 0 Å². The normalized spacial score (nSPS) is 11.6. The topological polar surface area (TPSA) is 56.7 Å². The summed E-state index contributed by atoms with van der Waals surface area (Å²) in [5, 5.41) is 4.69. The first-order chi connectivity index (χ1) is 29.2. The number of para-hydroxylation sites is 2. The van der Waals surface area contributed by atoms with Crippen molar-refractivity contribution in [2.24, 2.45) is 0 Å². The van der Waals surface area contributed by atoms with E-state index < -0.39 is 0 Å². The van der Waals surface area contributed by atoms with Crippen LogP contribution >= 0.6 is 0 Å². The zero-order valence-electron chi connectivity index (χ0n) is 32.5. The summed E-state index contributed by atoms with van der Waals surface area (Å²) in [4.78, 5) is 15.1. The van der Waals surface area contributed by atoms with Gasteiger partial charge in [0.2, 0.25) is 0 Å². The molecule has 5 heteroatoms. The molecule has 0 amide bonds. The van der Waals surface area contributed by atoms with Crippen LogP contribution in [0.4, 0.5) is 0 Å². The van der Waals surface area contributed by atoms with Gasteiger partial charge in [-0.25, -0.2) is 15.0 Å². The molecule has 11 rings (SSSR count). The molecule has 0 saturated carbocycles. The third-order valence-corrected chi connectivity index (χ3v) is 11.4. The highest BCUT2D eigenvalue weighted by Crippen LogP contribution is 2.40. The second-order valence-corrected chi connectivity index (χ2v) is 15.1. The predicted octanol–water partition coefficient (Wildman–Crippen LogP) is 14.2. The minimum absolute atomic E-state index is 0.639. The molecule has 8 aromatic carbocycles. The van der Waals surface area contributed by atoms with Crippen LogP contribution in [0.2, 0.25) is 0 Å². The van der Waals surface area contributed by atoms with Crippen LogP contribution in [-0.4, -0.2) is 19.5 Å². The van der Waals surface area contributed by atoms with Gasteiger partial charge in [0, 0.05) is 43.9 Å². The largest absolute Gasteiger partial charge is 0.456 e. The summed E-state index contributed by atoms with van der Waals surface area (Å²) < 4.78 is 8.68. The Morgan fingerprint density at radius 2 is 1.02 bits per heavy atom. The predicted molar refractivity (Wildman–Crippen MR) is 243 cm³/mol. The van der Waals surface area contributed by atoms with Crippen molar-refractivity contribution >= 4 is 43.7 Å². The molecule has 0 radical (unpaired) electrons. The fourth-order valence-corrected chi connectivity index (χ4v) is 8.55. The Labute approximate surface area is 341 Å². The van der Waals surface area contributed by atoms with E-state index in [2.05, 4.69) is 157 Å². The number of rotatable bonds is 8. The molecule has 0 atom stereocenters. The molecule has 0 unspecified atom stereocenters. The second kappa shape index (κ2) is 14.4. The zero-order valence-corrected chi connectivity index (χ0v) is 32.5. The minimum atomic E-state index is 0.639. The van der Waals surface area contributed by atoms with Gasteiger partial charge in [0.1, 0.15) is 11.2 Å². The van der Waals surface area contributed by atoms with E-state index in [0.717, 1.165) is 90.4 Å². The van der Waals surface area contributed by atoms with Gasteiger partial charge in [-0.05, 0) is 76.7 Å². The first-order valence-electron chi connectivity index (χ1n) is 20.2. The number of fused-ring (bicyclic) bond motifs is 6. The molecular weight excluding hydrogens is 721 g/mol. The van der Waals surface area contributed by atoms with Crippen LogP contribution in [0.1, 0.15) is 18.9 Å². The van der Waals surface area contributed by atoms with Crippen LogP contribution in [0.15, 0.2) is 192 Å². The average Bonchev–Trinajstić information content (AvgIpc) is 3.85. The van der Waals surface area contributed by atoms with Crippen LogP contribution in [0.5, 0.6) is 0 Å². The summed E-state index contributed by atoms with van der Waals surface area (Å²) in [7, 11) is 0. The minimum Gasteiger partial charge on any atom is -0.456 e. The number of nitrogens with zero attached hydrogens (tertiary/aromatic N) is 4. The van der Waals surface area contributed by atoms with E-state index in [-0.39, 0.29) is 0 Å². The van der Waals surface area contributed by atoms with Gasteiger partial charge < -0.3 is 8.98 Å². The molecule has 0 aliphatic carbocycles. The zero-order chi connectivity index (χ0) is 39.3. The molecule has 0 aliphatic rings. The lowest BCUT2D eigenvalue weighted by molar-refractivity contribution is 0.669. The van der Waals surface area contributed by atoms with Gasteiger partial charge in [-0.2, -0.15) is 0 Å². The highest BCUT2D eigenvalue weighted by Gasteiger charge is 2.18. The molecule has 3 heterocycles. The smallest absolute Gasteiger partial charge is 0.164 e. The summed E-state index contributed by atoms with van der Waals surface area (Å²) in [5.74, 6) is 1.95. The highest BCUT2D eigenvalue weighted by atomic mass is 16.3. The maximum Gasteiger partial charge on any atom is 0.164 e. The molecule has 0 fully saturated rings. The van der Waals surface area contributed by atoms with E-state index in [4.69, 9.17) is 19.4 Å². The molecule has 5 nitrogen and oxygen atoms in total. The van der Waals surface area contributed by atoms with Gasteiger partial charge in [0.25, 0.3) is 0 Å². The van der Waals surface area contributed by atoms with E-state index >= 15 is 0 Å². The van der Waals surface area contributed by atoms with Gasteiger partial charge >= 0.3 is 0 Å². The third kappa shape index (κ3) is 6.16. The fourth-order valence-electron chi connectivity index (χ4n) is 8.55. The fraction of sp³-hybridized carbons (Fsp3) is 0.0556. The Hall–Kier alpha value is -7.63. The summed E-state index contributed by atoms with van der Waals surface area (Å²) in [6, 6.07) is 66.3. The van der Waals surface area contributed by atoms with Gasteiger partial charge in [-0.1, -0.05) is 159 Å². The quantitative estimate of drug-likeness (QED) is 0.155. The Balaban J connectivity index is 1.03. The molecule has 0 bridgehead atoms. The van der Waals surface area contributed by atoms with Crippen LogP contribution in [0.25, 0.3) is 106 Å². The van der Waals surface area contributed by atoms with E-state index in [1.807, 2.05) is 42.5 Å². The number of benzene rings is 8. The second-order valence-electron chi connectivity index (χ2n) is 15.1. The van der Waals surface area contributed by atoms with Crippen molar-refractivity contribution in [3.63, 3.8) is 0 Å². The van der Waals surface area contributed by atoms with Crippen molar-refractivity contribution in [3.05, 3.63) is 194 Å². The lowest BCUT2D eigenvalue weighted by Gasteiger charge is -2.12. The van der Waals surface area contributed by atoms with Gasteiger partial charge in [0.15, 0.2) is 17.5 Å². The molecule has 280 valence electrons. The molecular formula is C54H38N4O. The van der Waals surface area contributed by atoms with Gasteiger partial charge in [-0.15, -0.1) is 0 Å². The molecule has 11 aromatic rings. The van der Waals surface area contributed by atoms with Crippen molar-refractivity contribution in [3.8, 4) is 62.1 Å². The maximum atomic E-state index is 6.28. The van der Waals surface area contributed by atoms with Crippen molar-refractivity contribution in [1.29, 1.82) is 0 Å². The lowest BCUT2D eigenvalue weighted by atomic mass is 9.98. The van der Waals surface area contributed by atoms with E-state index in [1.165, 1.54) is 16.3 Å². The summed E-state index contributed by atoms with van der Waals surface area (Å²) in [5.41, 5.74) is 13.8.